The van der Waals surface area contributed by atoms with Gasteiger partial charge in [0.05, 0.1) is 23.5 Å². The van der Waals surface area contributed by atoms with E-state index in [-0.39, 0.29) is 17.5 Å². The third-order valence-electron chi connectivity index (χ3n) is 6.18. The van der Waals surface area contributed by atoms with E-state index in [9.17, 15) is 9.59 Å². The molecule has 1 amide bonds. The minimum atomic E-state index is -0.370. The molecule has 1 aromatic heterocycles. The smallest absolute Gasteiger partial charge is 0.261 e. The van der Waals surface area contributed by atoms with E-state index in [0.29, 0.717) is 36.2 Å². The third kappa shape index (κ3) is 5.25. The summed E-state index contributed by atoms with van der Waals surface area (Å²) in [6.45, 7) is 4.93. The van der Waals surface area contributed by atoms with E-state index in [1.807, 2.05) is 96.8 Å². The second-order valence-corrected chi connectivity index (χ2v) is 8.65. The lowest BCUT2D eigenvalue weighted by Gasteiger charge is -2.31. The van der Waals surface area contributed by atoms with Crippen LogP contribution in [-0.4, -0.2) is 20.4 Å². The van der Waals surface area contributed by atoms with E-state index in [4.69, 9.17) is 4.98 Å². The summed E-state index contributed by atoms with van der Waals surface area (Å²) in [5, 5.41) is 0.585. The summed E-state index contributed by atoms with van der Waals surface area (Å²) >= 11 is 0. The zero-order chi connectivity index (χ0) is 23.9. The number of aromatic nitrogens is 2. The largest absolute Gasteiger partial charge is 0.328 e. The number of hydrogen-bond donors (Lipinski definition) is 0. The fraction of sp³-hybridized carbons (Fsp3) is 0.276. The molecule has 0 radical (unpaired) electrons. The normalized spacial score (nSPS) is 11.9. The molecule has 0 N–H and O–H groups in total. The zero-order valence-corrected chi connectivity index (χ0v) is 19.9. The summed E-state index contributed by atoms with van der Waals surface area (Å²) in [7, 11) is 0. The number of carbonyl (C=O) groups is 1. The van der Waals surface area contributed by atoms with Crippen LogP contribution in [0.25, 0.3) is 10.9 Å². The van der Waals surface area contributed by atoms with Gasteiger partial charge in [0.15, 0.2) is 0 Å². The SMILES string of the molecule is CCCCC(=O)N(Cc1ccccc1)C(C)c1nc2ccccc2c(=O)n1Cc1ccccc1. The van der Waals surface area contributed by atoms with Crippen molar-refractivity contribution in [2.75, 3.05) is 0 Å². The van der Waals surface area contributed by atoms with Crippen molar-refractivity contribution >= 4 is 16.8 Å². The fourth-order valence-electron chi connectivity index (χ4n) is 4.26. The lowest BCUT2D eigenvalue weighted by Crippen LogP contribution is -2.37. The summed E-state index contributed by atoms with van der Waals surface area (Å²) < 4.78 is 1.73. The number of carbonyl (C=O) groups excluding carboxylic acids is 1. The zero-order valence-electron chi connectivity index (χ0n) is 19.9. The molecule has 174 valence electrons. The molecule has 5 nitrogen and oxygen atoms in total. The van der Waals surface area contributed by atoms with Gasteiger partial charge in [0, 0.05) is 13.0 Å². The predicted molar refractivity (Wildman–Crippen MR) is 136 cm³/mol. The van der Waals surface area contributed by atoms with Crippen LogP contribution in [0.1, 0.15) is 56.1 Å². The number of nitrogens with zero attached hydrogens (tertiary/aromatic N) is 3. The summed E-state index contributed by atoms with van der Waals surface area (Å²) in [6, 6.07) is 26.9. The van der Waals surface area contributed by atoms with Gasteiger partial charge < -0.3 is 4.90 Å². The Morgan fingerprint density at radius 3 is 2.21 bits per heavy atom. The van der Waals surface area contributed by atoms with Gasteiger partial charge >= 0.3 is 0 Å². The first kappa shape index (κ1) is 23.4. The van der Waals surface area contributed by atoms with Crippen molar-refractivity contribution in [3.63, 3.8) is 0 Å². The van der Waals surface area contributed by atoms with Gasteiger partial charge in [-0.25, -0.2) is 4.98 Å². The number of fused-ring (bicyclic) bond motifs is 1. The lowest BCUT2D eigenvalue weighted by atomic mass is 10.1. The Kier molecular flexibility index (Phi) is 7.53. The Bertz CT molecular complexity index is 1300. The maximum absolute atomic E-state index is 13.6. The molecule has 0 saturated carbocycles. The van der Waals surface area contributed by atoms with Gasteiger partial charge in [0.2, 0.25) is 5.91 Å². The summed E-state index contributed by atoms with van der Waals surface area (Å²) in [5.41, 5.74) is 2.63. The standard InChI is InChI=1S/C29H31N3O2/c1-3-4-19-27(33)31(20-23-13-7-5-8-14-23)22(2)28-30-26-18-12-11-17-25(26)29(34)32(28)21-24-15-9-6-10-16-24/h5-18,22H,3-4,19-21H2,1-2H3. The molecule has 34 heavy (non-hydrogen) atoms. The molecule has 5 heteroatoms. The minimum Gasteiger partial charge on any atom is -0.328 e. The molecular formula is C29H31N3O2. The number of rotatable bonds is 9. The molecule has 4 rings (SSSR count). The molecule has 4 aromatic rings. The highest BCUT2D eigenvalue weighted by Gasteiger charge is 2.26. The van der Waals surface area contributed by atoms with Crippen LogP contribution >= 0.6 is 0 Å². The molecule has 0 saturated heterocycles. The fourth-order valence-corrected chi connectivity index (χ4v) is 4.26. The predicted octanol–water partition coefficient (Wildman–Crippen LogP) is 5.72. The average molecular weight is 454 g/mol. The van der Waals surface area contributed by atoms with Crippen molar-refractivity contribution in [3.8, 4) is 0 Å². The molecule has 0 aliphatic rings. The Labute approximate surface area is 200 Å². The van der Waals surface area contributed by atoms with Crippen molar-refractivity contribution in [2.24, 2.45) is 0 Å². The van der Waals surface area contributed by atoms with Gasteiger partial charge in [-0.15, -0.1) is 0 Å². The number of unbranched alkanes of at least 4 members (excludes halogenated alkanes) is 1. The Morgan fingerprint density at radius 2 is 1.53 bits per heavy atom. The first-order chi connectivity index (χ1) is 16.6. The van der Waals surface area contributed by atoms with Crippen molar-refractivity contribution in [2.45, 2.75) is 52.2 Å². The molecule has 0 bridgehead atoms. The first-order valence-electron chi connectivity index (χ1n) is 11.9. The van der Waals surface area contributed by atoms with Crippen LogP contribution in [-0.2, 0) is 17.9 Å². The number of amides is 1. The molecule has 1 atom stereocenters. The molecule has 1 unspecified atom stereocenters. The highest BCUT2D eigenvalue weighted by Crippen LogP contribution is 2.24. The lowest BCUT2D eigenvalue weighted by molar-refractivity contribution is -0.134. The molecule has 0 fully saturated rings. The molecule has 0 aliphatic carbocycles. The second-order valence-electron chi connectivity index (χ2n) is 8.65. The van der Waals surface area contributed by atoms with E-state index < -0.39 is 0 Å². The minimum absolute atomic E-state index is 0.0758. The monoisotopic (exact) mass is 453 g/mol. The van der Waals surface area contributed by atoms with Crippen molar-refractivity contribution in [1.82, 2.24) is 14.5 Å². The number of hydrogen-bond acceptors (Lipinski definition) is 3. The van der Waals surface area contributed by atoms with Crippen molar-refractivity contribution in [3.05, 3.63) is 112 Å². The van der Waals surface area contributed by atoms with Crippen molar-refractivity contribution in [1.29, 1.82) is 0 Å². The van der Waals surface area contributed by atoms with E-state index in [1.165, 1.54) is 0 Å². The van der Waals surface area contributed by atoms with Crippen LogP contribution in [0.3, 0.4) is 0 Å². The van der Waals surface area contributed by atoms with E-state index in [0.717, 1.165) is 24.0 Å². The van der Waals surface area contributed by atoms with Gasteiger partial charge in [-0.2, -0.15) is 0 Å². The van der Waals surface area contributed by atoms with Gasteiger partial charge in [-0.3, -0.25) is 14.2 Å². The maximum Gasteiger partial charge on any atom is 0.261 e. The average Bonchev–Trinajstić information content (AvgIpc) is 2.88. The quantitative estimate of drug-likeness (QED) is 0.325. The Morgan fingerprint density at radius 1 is 0.912 bits per heavy atom. The highest BCUT2D eigenvalue weighted by atomic mass is 16.2. The van der Waals surface area contributed by atoms with Gasteiger partial charge in [-0.1, -0.05) is 86.1 Å². The molecule has 1 heterocycles. The highest BCUT2D eigenvalue weighted by molar-refractivity contribution is 5.78. The molecular weight excluding hydrogens is 422 g/mol. The third-order valence-corrected chi connectivity index (χ3v) is 6.18. The second kappa shape index (κ2) is 10.9. The number of para-hydroxylation sites is 1. The van der Waals surface area contributed by atoms with Crippen LogP contribution in [0.5, 0.6) is 0 Å². The molecule has 0 spiro atoms. The number of benzene rings is 3. The van der Waals surface area contributed by atoms with E-state index in [2.05, 4.69) is 6.92 Å². The summed E-state index contributed by atoms with van der Waals surface area (Å²) in [4.78, 5) is 33.7. The van der Waals surface area contributed by atoms with Gasteiger partial charge in [0.1, 0.15) is 5.82 Å². The van der Waals surface area contributed by atoms with Crippen molar-refractivity contribution < 1.29 is 4.79 Å². The Balaban J connectivity index is 1.81. The van der Waals surface area contributed by atoms with Crippen LogP contribution in [0, 0.1) is 0 Å². The van der Waals surface area contributed by atoms with Crippen LogP contribution < -0.4 is 5.56 Å². The van der Waals surface area contributed by atoms with Gasteiger partial charge in [-0.05, 0) is 36.6 Å². The van der Waals surface area contributed by atoms with E-state index in [1.54, 1.807) is 4.57 Å². The van der Waals surface area contributed by atoms with Crippen LogP contribution in [0.2, 0.25) is 0 Å². The van der Waals surface area contributed by atoms with Crippen LogP contribution in [0.4, 0.5) is 0 Å². The first-order valence-corrected chi connectivity index (χ1v) is 11.9. The summed E-state index contributed by atoms with van der Waals surface area (Å²) in [5.74, 6) is 0.681. The van der Waals surface area contributed by atoms with Crippen LogP contribution in [0.15, 0.2) is 89.7 Å². The maximum atomic E-state index is 13.6. The van der Waals surface area contributed by atoms with E-state index >= 15 is 0 Å². The Hall–Kier alpha value is -3.73. The molecule has 3 aromatic carbocycles. The topological polar surface area (TPSA) is 55.2 Å². The molecule has 0 aliphatic heterocycles. The summed E-state index contributed by atoms with van der Waals surface area (Å²) in [6.07, 6.45) is 2.26. The van der Waals surface area contributed by atoms with Gasteiger partial charge in [0.25, 0.3) is 5.56 Å².